The molecule has 1 atom stereocenters. The van der Waals surface area contributed by atoms with Crippen LogP contribution in [0.5, 0.6) is 17.2 Å². The fraction of sp³-hybridized carbons (Fsp3) is 0.143. The maximum atomic E-state index is 11.9. The van der Waals surface area contributed by atoms with Gasteiger partial charge >= 0.3 is 5.97 Å². The summed E-state index contributed by atoms with van der Waals surface area (Å²) < 4.78 is 16.2. The summed E-state index contributed by atoms with van der Waals surface area (Å²) in [6.45, 7) is 0.135. The second-order valence-electron chi connectivity index (χ2n) is 3.97. The van der Waals surface area contributed by atoms with Gasteiger partial charge in [0.15, 0.2) is 11.5 Å². The van der Waals surface area contributed by atoms with Crippen molar-refractivity contribution in [2.24, 2.45) is 0 Å². The molecule has 0 bridgehead atoms. The van der Waals surface area contributed by atoms with Crippen LogP contribution >= 0.6 is 0 Å². The highest BCUT2D eigenvalue weighted by Gasteiger charge is 2.29. The molecule has 1 aromatic carbocycles. The summed E-state index contributed by atoms with van der Waals surface area (Å²) in [6, 6.07) is 10.5. The van der Waals surface area contributed by atoms with E-state index in [1.54, 1.807) is 30.5 Å². The van der Waals surface area contributed by atoms with Gasteiger partial charge in [0.05, 0.1) is 6.20 Å². The number of benzene rings is 1. The van der Waals surface area contributed by atoms with Gasteiger partial charge in [0.25, 0.3) is 0 Å². The van der Waals surface area contributed by atoms with Crippen LogP contribution in [0.15, 0.2) is 48.8 Å². The Labute approximate surface area is 109 Å². The fourth-order valence-electron chi connectivity index (χ4n) is 1.73. The first kappa shape index (κ1) is 11.5. The first-order valence-electron chi connectivity index (χ1n) is 5.83. The molecule has 0 saturated heterocycles. The normalized spacial score (nSPS) is 16.7. The second kappa shape index (κ2) is 4.97. The number of ether oxygens (including phenoxy) is 3. The van der Waals surface area contributed by atoms with Crippen molar-refractivity contribution >= 4 is 5.97 Å². The minimum atomic E-state index is -0.768. The van der Waals surface area contributed by atoms with Crippen molar-refractivity contribution in [2.75, 3.05) is 6.61 Å². The molecule has 0 unspecified atom stereocenters. The van der Waals surface area contributed by atoms with Crippen LogP contribution in [0.4, 0.5) is 0 Å². The van der Waals surface area contributed by atoms with Gasteiger partial charge in [-0.1, -0.05) is 12.1 Å². The minimum Gasteiger partial charge on any atom is -0.485 e. The van der Waals surface area contributed by atoms with Gasteiger partial charge in [0, 0.05) is 6.20 Å². The van der Waals surface area contributed by atoms with E-state index in [4.69, 9.17) is 14.2 Å². The van der Waals surface area contributed by atoms with Gasteiger partial charge in [-0.05, 0) is 24.3 Å². The molecule has 2 heterocycles. The Balaban J connectivity index is 1.70. The summed E-state index contributed by atoms with van der Waals surface area (Å²) in [6.07, 6.45) is 2.30. The molecule has 0 amide bonds. The van der Waals surface area contributed by atoms with E-state index in [9.17, 15) is 4.79 Å². The average molecular weight is 257 g/mol. The van der Waals surface area contributed by atoms with Crippen LogP contribution in [-0.2, 0) is 4.79 Å². The van der Waals surface area contributed by atoms with E-state index in [1.807, 2.05) is 12.1 Å². The zero-order valence-electron chi connectivity index (χ0n) is 9.98. The molecule has 0 fully saturated rings. The number of para-hydroxylation sites is 2. The van der Waals surface area contributed by atoms with Gasteiger partial charge in [-0.3, -0.25) is 4.98 Å². The molecule has 5 nitrogen and oxygen atoms in total. The number of rotatable bonds is 2. The Morgan fingerprint density at radius 1 is 1.21 bits per heavy atom. The first-order chi connectivity index (χ1) is 9.33. The van der Waals surface area contributed by atoms with E-state index < -0.39 is 12.1 Å². The SMILES string of the molecule is O=C(Oc1cccnc1)[C@@H]1COc2ccccc2O1. The van der Waals surface area contributed by atoms with E-state index in [0.29, 0.717) is 17.2 Å². The van der Waals surface area contributed by atoms with E-state index >= 15 is 0 Å². The van der Waals surface area contributed by atoms with Gasteiger partial charge in [-0.25, -0.2) is 4.79 Å². The van der Waals surface area contributed by atoms with Gasteiger partial charge in [-0.15, -0.1) is 0 Å². The number of esters is 1. The Kier molecular flexibility index (Phi) is 3.02. The predicted molar refractivity (Wildman–Crippen MR) is 66.2 cm³/mol. The lowest BCUT2D eigenvalue weighted by Crippen LogP contribution is -2.39. The maximum Gasteiger partial charge on any atom is 0.356 e. The molecule has 1 aliphatic heterocycles. The highest BCUT2D eigenvalue weighted by Crippen LogP contribution is 2.31. The van der Waals surface area contributed by atoms with Gasteiger partial charge in [-0.2, -0.15) is 0 Å². The fourth-order valence-corrected chi connectivity index (χ4v) is 1.73. The van der Waals surface area contributed by atoms with Gasteiger partial charge in [0.1, 0.15) is 12.4 Å². The number of nitrogens with zero attached hydrogens (tertiary/aromatic N) is 1. The maximum absolute atomic E-state index is 11.9. The van der Waals surface area contributed by atoms with Crippen molar-refractivity contribution < 1.29 is 19.0 Å². The molecule has 96 valence electrons. The summed E-state index contributed by atoms with van der Waals surface area (Å²) in [5.74, 6) is 1.06. The highest BCUT2D eigenvalue weighted by atomic mass is 16.6. The lowest BCUT2D eigenvalue weighted by atomic mass is 10.2. The number of carbonyl (C=O) groups is 1. The molecule has 0 N–H and O–H groups in total. The zero-order valence-corrected chi connectivity index (χ0v) is 9.98. The largest absolute Gasteiger partial charge is 0.485 e. The standard InChI is InChI=1S/C14H11NO4/c16-14(18-10-4-3-7-15-8-10)13-9-17-11-5-1-2-6-12(11)19-13/h1-8,13H,9H2/t13-/m0/s1. The Morgan fingerprint density at radius 3 is 2.84 bits per heavy atom. The molecule has 3 rings (SSSR count). The summed E-state index contributed by atoms with van der Waals surface area (Å²) >= 11 is 0. The van der Waals surface area contributed by atoms with Gasteiger partial charge in [0.2, 0.25) is 6.10 Å². The lowest BCUT2D eigenvalue weighted by Gasteiger charge is -2.24. The molecule has 0 aliphatic carbocycles. The zero-order chi connectivity index (χ0) is 13.1. The van der Waals surface area contributed by atoms with Crippen LogP contribution in [0.25, 0.3) is 0 Å². The summed E-state index contributed by atoms with van der Waals surface area (Å²) in [4.78, 5) is 15.8. The number of aromatic nitrogens is 1. The van der Waals surface area contributed by atoms with Crippen LogP contribution in [-0.4, -0.2) is 23.7 Å². The first-order valence-corrected chi connectivity index (χ1v) is 5.83. The number of hydrogen-bond donors (Lipinski definition) is 0. The highest BCUT2D eigenvalue weighted by molar-refractivity contribution is 5.78. The lowest BCUT2D eigenvalue weighted by molar-refractivity contribution is -0.144. The quantitative estimate of drug-likeness (QED) is 0.768. The second-order valence-corrected chi connectivity index (χ2v) is 3.97. The van der Waals surface area contributed by atoms with E-state index in [-0.39, 0.29) is 6.61 Å². The van der Waals surface area contributed by atoms with Crippen molar-refractivity contribution in [3.63, 3.8) is 0 Å². The van der Waals surface area contributed by atoms with Crippen LogP contribution < -0.4 is 14.2 Å². The molecule has 1 aliphatic rings. The number of fused-ring (bicyclic) bond motifs is 1. The van der Waals surface area contributed by atoms with E-state index in [1.165, 1.54) is 6.20 Å². The minimum absolute atomic E-state index is 0.135. The third-order valence-electron chi connectivity index (χ3n) is 2.62. The molecule has 19 heavy (non-hydrogen) atoms. The van der Waals surface area contributed by atoms with Gasteiger partial charge < -0.3 is 14.2 Å². The molecule has 5 heteroatoms. The number of pyridine rings is 1. The Morgan fingerprint density at radius 2 is 2.05 bits per heavy atom. The summed E-state index contributed by atoms with van der Waals surface area (Å²) in [5.41, 5.74) is 0. The van der Waals surface area contributed by atoms with Crippen molar-refractivity contribution in [3.05, 3.63) is 48.8 Å². The van der Waals surface area contributed by atoms with Crippen LogP contribution in [0, 0.1) is 0 Å². The molecule has 1 aromatic heterocycles. The smallest absolute Gasteiger partial charge is 0.356 e. The van der Waals surface area contributed by atoms with Crippen LogP contribution in [0.2, 0.25) is 0 Å². The third kappa shape index (κ3) is 2.49. The van der Waals surface area contributed by atoms with Crippen LogP contribution in [0.3, 0.4) is 0 Å². The Bertz CT molecular complexity index is 585. The third-order valence-corrected chi connectivity index (χ3v) is 2.62. The van der Waals surface area contributed by atoms with Crippen molar-refractivity contribution in [1.82, 2.24) is 4.98 Å². The van der Waals surface area contributed by atoms with E-state index in [2.05, 4.69) is 4.98 Å². The topological polar surface area (TPSA) is 57.7 Å². The monoisotopic (exact) mass is 257 g/mol. The summed E-state index contributed by atoms with van der Waals surface area (Å²) in [5, 5.41) is 0. The number of hydrogen-bond acceptors (Lipinski definition) is 5. The van der Waals surface area contributed by atoms with E-state index in [0.717, 1.165) is 0 Å². The summed E-state index contributed by atoms with van der Waals surface area (Å²) in [7, 11) is 0. The molecule has 2 aromatic rings. The van der Waals surface area contributed by atoms with Crippen molar-refractivity contribution in [3.8, 4) is 17.2 Å². The van der Waals surface area contributed by atoms with Crippen molar-refractivity contribution in [1.29, 1.82) is 0 Å². The molecule has 0 spiro atoms. The molecular weight excluding hydrogens is 246 g/mol. The average Bonchev–Trinajstić information content (AvgIpc) is 2.48. The predicted octanol–water partition coefficient (Wildman–Crippen LogP) is 1.83. The Hall–Kier alpha value is -2.56. The number of carbonyl (C=O) groups excluding carboxylic acids is 1. The van der Waals surface area contributed by atoms with Crippen LogP contribution in [0.1, 0.15) is 0 Å². The molecule has 0 radical (unpaired) electrons. The van der Waals surface area contributed by atoms with Crippen molar-refractivity contribution in [2.45, 2.75) is 6.10 Å². The molecular formula is C14H11NO4. The molecule has 0 saturated carbocycles.